The van der Waals surface area contributed by atoms with Gasteiger partial charge in [-0.2, -0.15) is 0 Å². The molecule has 4 nitrogen and oxygen atoms in total. The van der Waals surface area contributed by atoms with Crippen molar-refractivity contribution in [2.75, 3.05) is 11.9 Å². The number of hydrogen-bond donors (Lipinski definition) is 1. The zero-order valence-electron chi connectivity index (χ0n) is 13.4. The number of rotatable bonds is 6. The standard InChI is InChI=1S/C15H28N4/c1-10(2)15-17-9-14(19(7)12(5)6)13(18-15)8-16-11(3)4/h9-12,16H,8H2,1-7H3. The third-order valence-electron chi connectivity index (χ3n) is 3.21. The summed E-state index contributed by atoms with van der Waals surface area (Å²) in [5.74, 6) is 1.28. The lowest BCUT2D eigenvalue weighted by Gasteiger charge is -2.26. The van der Waals surface area contributed by atoms with Crippen molar-refractivity contribution in [2.24, 2.45) is 0 Å². The second-order valence-corrected chi connectivity index (χ2v) is 5.96. The predicted molar refractivity (Wildman–Crippen MR) is 81.6 cm³/mol. The van der Waals surface area contributed by atoms with Crippen LogP contribution in [-0.4, -0.2) is 29.1 Å². The van der Waals surface area contributed by atoms with E-state index in [4.69, 9.17) is 4.98 Å². The minimum absolute atomic E-state index is 0.358. The van der Waals surface area contributed by atoms with Crippen LogP contribution in [0.15, 0.2) is 6.20 Å². The van der Waals surface area contributed by atoms with Crippen molar-refractivity contribution < 1.29 is 0 Å². The minimum atomic E-state index is 0.358. The molecule has 1 N–H and O–H groups in total. The largest absolute Gasteiger partial charge is 0.369 e. The van der Waals surface area contributed by atoms with Crippen molar-refractivity contribution in [2.45, 2.75) is 66.1 Å². The van der Waals surface area contributed by atoms with Crippen LogP contribution in [0.5, 0.6) is 0 Å². The highest BCUT2D eigenvalue weighted by atomic mass is 15.2. The van der Waals surface area contributed by atoms with Gasteiger partial charge in [-0.05, 0) is 13.8 Å². The second-order valence-electron chi connectivity index (χ2n) is 5.96. The highest BCUT2D eigenvalue weighted by molar-refractivity contribution is 5.49. The molecule has 1 heterocycles. The summed E-state index contributed by atoms with van der Waals surface area (Å²) in [5.41, 5.74) is 2.20. The summed E-state index contributed by atoms with van der Waals surface area (Å²) in [6, 6.07) is 0.890. The van der Waals surface area contributed by atoms with Crippen LogP contribution in [0, 0.1) is 0 Å². The second kappa shape index (κ2) is 6.85. The summed E-state index contributed by atoms with van der Waals surface area (Å²) >= 11 is 0. The van der Waals surface area contributed by atoms with Gasteiger partial charge in [-0.15, -0.1) is 0 Å². The van der Waals surface area contributed by atoms with E-state index in [0.29, 0.717) is 18.0 Å². The molecule has 0 aliphatic rings. The number of aromatic nitrogens is 2. The molecule has 0 bridgehead atoms. The molecule has 1 rings (SSSR count). The lowest BCUT2D eigenvalue weighted by Crippen LogP contribution is -2.30. The molecule has 0 aliphatic heterocycles. The molecule has 0 aromatic carbocycles. The Hall–Kier alpha value is -1.16. The monoisotopic (exact) mass is 264 g/mol. The Morgan fingerprint density at radius 3 is 2.26 bits per heavy atom. The van der Waals surface area contributed by atoms with Crippen LogP contribution in [0.25, 0.3) is 0 Å². The van der Waals surface area contributed by atoms with E-state index < -0.39 is 0 Å². The van der Waals surface area contributed by atoms with Gasteiger partial charge in [0.2, 0.25) is 0 Å². The van der Waals surface area contributed by atoms with Crippen molar-refractivity contribution in [3.63, 3.8) is 0 Å². The van der Waals surface area contributed by atoms with E-state index in [9.17, 15) is 0 Å². The number of nitrogens with zero attached hydrogens (tertiary/aromatic N) is 3. The van der Waals surface area contributed by atoms with Crippen LogP contribution >= 0.6 is 0 Å². The third kappa shape index (κ3) is 4.46. The first-order valence-electron chi connectivity index (χ1n) is 7.15. The van der Waals surface area contributed by atoms with E-state index in [1.807, 2.05) is 6.20 Å². The average Bonchev–Trinajstić information content (AvgIpc) is 2.34. The summed E-state index contributed by atoms with van der Waals surface area (Å²) in [5, 5.41) is 3.45. The summed E-state index contributed by atoms with van der Waals surface area (Å²) in [6.07, 6.45) is 1.96. The highest BCUT2D eigenvalue weighted by Crippen LogP contribution is 2.21. The Labute approximate surface area is 117 Å². The zero-order valence-corrected chi connectivity index (χ0v) is 13.4. The van der Waals surface area contributed by atoms with E-state index in [0.717, 1.165) is 23.8 Å². The van der Waals surface area contributed by atoms with E-state index in [-0.39, 0.29) is 0 Å². The molecule has 0 atom stereocenters. The van der Waals surface area contributed by atoms with Gasteiger partial charge in [-0.1, -0.05) is 27.7 Å². The van der Waals surface area contributed by atoms with Crippen molar-refractivity contribution in [1.82, 2.24) is 15.3 Å². The first-order valence-corrected chi connectivity index (χ1v) is 7.15. The maximum Gasteiger partial charge on any atom is 0.131 e. The molecular weight excluding hydrogens is 236 g/mol. The van der Waals surface area contributed by atoms with E-state index in [1.54, 1.807) is 0 Å². The Morgan fingerprint density at radius 2 is 1.79 bits per heavy atom. The third-order valence-corrected chi connectivity index (χ3v) is 3.21. The molecular formula is C15H28N4. The van der Waals surface area contributed by atoms with Gasteiger partial charge >= 0.3 is 0 Å². The molecule has 0 aliphatic carbocycles. The van der Waals surface area contributed by atoms with Gasteiger partial charge in [0.25, 0.3) is 0 Å². The van der Waals surface area contributed by atoms with E-state index >= 15 is 0 Å². The highest BCUT2D eigenvalue weighted by Gasteiger charge is 2.14. The van der Waals surface area contributed by atoms with Crippen LogP contribution in [0.4, 0.5) is 5.69 Å². The molecule has 4 heteroatoms. The number of anilines is 1. The average molecular weight is 264 g/mol. The first kappa shape index (κ1) is 15.9. The van der Waals surface area contributed by atoms with Gasteiger partial charge in [-0.25, -0.2) is 9.97 Å². The van der Waals surface area contributed by atoms with Gasteiger partial charge in [-0.3, -0.25) is 0 Å². The van der Waals surface area contributed by atoms with Crippen LogP contribution in [0.3, 0.4) is 0 Å². The van der Waals surface area contributed by atoms with Crippen LogP contribution in [0.2, 0.25) is 0 Å². The molecule has 0 fully saturated rings. The van der Waals surface area contributed by atoms with Crippen molar-refractivity contribution in [1.29, 1.82) is 0 Å². The Kier molecular flexibility index (Phi) is 5.73. The zero-order chi connectivity index (χ0) is 14.6. The fourth-order valence-corrected chi connectivity index (χ4v) is 1.71. The van der Waals surface area contributed by atoms with E-state index in [2.05, 4.69) is 63.8 Å². The lowest BCUT2D eigenvalue weighted by atomic mass is 10.2. The Bertz CT molecular complexity index is 399. The topological polar surface area (TPSA) is 41.1 Å². The molecule has 0 spiro atoms. The molecule has 19 heavy (non-hydrogen) atoms. The summed E-state index contributed by atoms with van der Waals surface area (Å²) in [6.45, 7) is 13.7. The summed E-state index contributed by atoms with van der Waals surface area (Å²) in [7, 11) is 2.09. The molecule has 108 valence electrons. The quantitative estimate of drug-likeness (QED) is 0.857. The Morgan fingerprint density at radius 1 is 1.16 bits per heavy atom. The van der Waals surface area contributed by atoms with Gasteiger partial charge in [0.05, 0.1) is 17.6 Å². The van der Waals surface area contributed by atoms with Crippen LogP contribution in [-0.2, 0) is 6.54 Å². The molecule has 1 aromatic heterocycles. The van der Waals surface area contributed by atoms with Crippen molar-refractivity contribution in [3.05, 3.63) is 17.7 Å². The predicted octanol–water partition coefficient (Wildman–Crippen LogP) is 2.94. The number of nitrogens with one attached hydrogen (secondary N) is 1. The number of hydrogen-bond acceptors (Lipinski definition) is 4. The van der Waals surface area contributed by atoms with Gasteiger partial charge in [0.15, 0.2) is 0 Å². The van der Waals surface area contributed by atoms with Crippen LogP contribution in [0.1, 0.15) is 59.0 Å². The SMILES string of the molecule is CC(C)NCc1nc(C(C)C)ncc1N(C)C(C)C. The van der Waals surface area contributed by atoms with Gasteiger partial charge in [0.1, 0.15) is 5.82 Å². The van der Waals surface area contributed by atoms with Crippen molar-refractivity contribution in [3.8, 4) is 0 Å². The summed E-state index contributed by atoms with van der Waals surface area (Å²) < 4.78 is 0. The maximum atomic E-state index is 4.73. The van der Waals surface area contributed by atoms with E-state index in [1.165, 1.54) is 0 Å². The van der Waals surface area contributed by atoms with Gasteiger partial charge in [0, 0.05) is 31.6 Å². The van der Waals surface area contributed by atoms with Crippen molar-refractivity contribution >= 4 is 5.69 Å². The molecule has 0 unspecified atom stereocenters. The fraction of sp³-hybridized carbons (Fsp3) is 0.733. The summed E-state index contributed by atoms with van der Waals surface area (Å²) in [4.78, 5) is 11.4. The normalized spacial score (nSPS) is 11.7. The minimum Gasteiger partial charge on any atom is -0.369 e. The van der Waals surface area contributed by atoms with Crippen LogP contribution < -0.4 is 10.2 Å². The Balaban J connectivity index is 3.07. The molecule has 0 saturated carbocycles. The fourth-order valence-electron chi connectivity index (χ4n) is 1.71. The molecule has 1 aromatic rings. The maximum absolute atomic E-state index is 4.73. The smallest absolute Gasteiger partial charge is 0.131 e. The molecule has 0 radical (unpaired) electrons. The van der Waals surface area contributed by atoms with Gasteiger partial charge < -0.3 is 10.2 Å². The molecule has 0 saturated heterocycles. The lowest BCUT2D eigenvalue weighted by molar-refractivity contribution is 0.574. The first-order chi connectivity index (χ1) is 8.82. The molecule has 0 amide bonds.